The predicted molar refractivity (Wildman–Crippen MR) is 63.0 cm³/mol. The number of rotatable bonds is 4. The van der Waals surface area contributed by atoms with Crippen LogP contribution in [0.5, 0.6) is 5.75 Å². The summed E-state index contributed by atoms with van der Waals surface area (Å²) in [5.74, 6) is -0.864. The number of nitro benzene ring substituents is 1. The van der Waals surface area contributed by atoms with Gasteiger partial charge in [-0.15, -0.1) is 0 Å². The van der Waals surface area contributed by atoms with E-state index in [4.69, 9.17) is 9.84 Å². The summed E-state index contributed by atoms with van der Waals surface area (Å²) >= 11 is 0. The molecule has 18 heavy (non-hydrogen) atoms. The SMILES string of the molecule is COc1cc(N2CC(C(=O)O)C2)cc([N+](=O)[O-])c1. The quantitative estimate of drug-likeness (QED) is 0.637. The van der Waals surface area contributed by atoms with Gasteiger partial charge >= 0.3 is 5.97 Å². The molecular weight excluding hydrogens is 240 g/mol. The highest BCUT2D eigenvalue weighted by molar-refractivity contribution is 5.75. The highest BCUT2D eigenvalue weighted by Crippen LogP contribution is 2.32. The van der Waals surface area contributed by atoms with E-state index in [0.29, 0.717) is 24.5 Å². The molecule has 7 nitrogen and oxygen atoms in total. The van der Waals surface area contributed by atoms with Gasteiger partial charge in [0.25, 0.3) is 5.69 Å². The summed E-state index contributed by atoms with van der Waals surface area (Å²) < 4.78 is 4.99. The Bertz CT molecular complexity index is 496. The Kier molecular flexibility index (Phi) is 3.05. The van der Waals surface area contributed by atoms with Gasteiger partial charge in [-0.2, -0.15) is 0 Å². The molecule has 0 aliphatic carbocycles. The van der Waals surface area contributed by atoms with Gasteiger partial charge in [-0.05, 0) is 0 Å². The van der Waals surface area contributed by atoms with E-state index in [-0.39, 0.29) is 5.69 Å². The molecule has 0 aromatic heterocycles. The van der Waals surface area contributed by atoms with Gasteiger partial charge in [0.1, 0.15) is 5.75 Å². The first kappa shape index (κ1) is 12.2. The highest BCUT2D eigenvalue weighted by atomic mass is 16.6. The maximum Gasteiger partial charge on any atom is 0.310 e. The third kappa shape index (κ3) is 2.20. The largest absolute Gasteiger partial charge is 0.496 e. The first-order valence-corrected chi connectivity index (χ1v) is 5.32. The Hall–Kier alpha value is -2.31. The molecule has 7 heteroatoms. The number of ether oxygens (including phenoxy) is 1. The zero-order valence-electron chi connectivity index (χ0n) is 9.70. The van der Waals surface area contributed by atoms with E-state index in [9.17, 15) is 14.9 Å². The maximum absolute atomic E-state index is 10.8. The molecule has 0 unspecified atom stereocenters. The lowest BCUT2D eigenvalue weighted by atomic mass is 9.99. The molecule has 0 amide bonds. The number of hydrogen-bond donors (Lipinski definition) is 1. The summed E-state index contributed by atoms with van der Waals surface area (Å²) in [5.41, 5.74) is 0.543. The Morgan fingerprint density at radius 3 is 2.67 bits per heavy atom. The van der Waals surface area contributed by atoms with Crippen LogP contribution in [-0.2, 0) is 4.79 Å². The number of carbonyl (C=O) groups is 1. The third-order valence-corrected chi connectivity index (χ3v) is 2.92. The first-order chi connectivity index (χ1) is 8.51. The second-order valence-electron chi connectivity index (χ2n) is 4.09. The molecule has 0 bridgehead atoms. The van der Waals surface area contributed by atoms with Crippen LogP contribution < -0.4 is 9.64 Å². The molecule has 0 saturated carbocycles. The zero-order chi connectivity index (χ0) is 13.3. The molecule has 1 fully saturated rings. The average molecular weight is 252 g/mol. The van der Waals surface area contributed by atoms with Gasteiger partial charge < -0.3 is 14.7 Å². The van der Waals surface area contributed by atoms with Crippen molar-refractivity contribution in [1.82, 2.24) is 0 Å². The predicted octanol–water partition coefficient (Wildman–Crippen LogP) is 1.12. The van der Waals surface area contributed by atoms with Crippen LogP contribution in [0.2, 0.25) is 0 Å². The third-order valence-electron chi connectivity index (χ3n) is 2.92. The van der Waals surface area contributed by atoms with E-state index in [1.165, 1.54) is 19.2 Å². The number of hydrogen-bond acceptors (Lipinski definition) is 5. The fourth-order valence-corrected chi connectivity index (χ4v) is 1.82. The number of carboxylic acids is 1. The fourth-order valence-electron chi connectivity index (χ4n) is 1.82. The van der Waals surface area contributed by atoms with Crippen molar-refractivity contribution >= 4 is 17.3 Å². The van der Waals surface area contributed by atoms with Crippen LogP contribution in [0.25, 0.3) is 0 Å². The Morgan fingerprint density at radius 1 is 1.50 bits per heavy atom. The minimum absolute atomic E-state index is 0.0666. The Labute approximate surface area is 103 Å². The Balaban J connectivity index is 2.21. The van der Waals surface area contributed by atoms with Gasteiger partial charge in [0, 0.05) is 30.9 Å². The Morgan fingerprint density at radius 2 is 2.17 bits per heavy atom. The van der Waals surface area contributed by atoms with E-state index in [0.717, 1.165) is 0 Å². The number of aliphatic carboxylic acids is 1. The smallest absolute Gasteiger partial charge is 0.310 e. The summed E-state index contributed by atoms with van der Waals surface area (Å²) in [4.78, 5) is 22.7. The molecule has 1 saturated heterocycles. The first-order valence-electron chi connectivity index (χ1n) is 5.32. The molecule has 1 aromatic rings. The normalized spacial score (nSPS) is 15.1. The molecule has 0 radical (unpaired) electrons. The monoisotopic (exact) mass is 252 g/mol. The molecular formula is C11H12N2O5. The number of benzene rings is 1. The van der Waals surface area contributed by atoms with Gasteiger partial charge in [0.15, 0.2) is 0 Å². The van der Waals surface area contributed by atoms with Crippen molar-refractivity contribution in [1.29, 1.82) is 0 Å². The topological polar surface area (TPSA) is 92.9 Å². The number of carboxylic acid groups (broad SMARTS) is 1. The summed E-state index contributed by atoms with van der Waals surface area (Å²) in [7, 11) is 1.43. The van der Waals surface area contributed by atoms with Crippen molar-refractivity contribution in [2.24, 2.45) is 5.92 Å². The summed E-state index contributed by atoms with van der Waals surface area (Å²) in [6.45, 7) is 0.722. The van der Waals surface area contributed by atoms with Gasteiger partial charge in [-0.3, -0.25) is 14.9 Å². The van der Waals surface area contributed by atoms with Gasteiger partial charge in [0.2, 0.25) is 0 Å². The molecule has 96 valence electrons. The second kappa shape index (κ2) is 4.52. The van der Waals surface area contributed by atoms with Crippen LogP contribution in [0.3, 0.4) is 0 Å². The summed E-state index contributed by atoms with van der Waals surface area (Å²) in [6.07, 6.45) is 0. The van der Waals surface area contributed by atoms with E-state index in [1.807, 2.05) is 0 Å². The summed E-state index contributed by atoms with van der Waals surface area (Å²) in [5, 5.41) is 19.5. The average Bonchev–Trinajstić information content (AvgIpc) is 2.25. The highest BCUT2D eigenvalue weighted by Gasteiger charge is 2.33. The maximum atomic E-state index is 10.8. The molecule has 1 aromatic carbocycles. The van der Waals surface area contributed by atoms with Crippen LogP contribution in [0.4, 0.5) is 11.4 Å². The lowest BCUT2D eigenvalue weighted by Gasteiger charge is -2.38. The molecule has 0 atom stereocenters. The number of anilines is 1. The lowest BCUT2D eigenvalue weighted by Crippen LogP contribution is -2.50. The molecule has 1 heterocycles. The van der Waals surface area contributed by atoms with Crippen molar-refractivity contribution in [3.8, 4) is 5.75 Å². The molecule has 1 aliphatic heterocycles. The number of non-ortho nitro benzene ring substituents is 1. The van der Waals surface area contributed by atoms with Crippen LogP contribution >= 0.6 is 0 Å². The molecule has 1 N–H and O–H groups in total. The van der Waals surface area contributed by atoms with Gasteiger partial charge in [-0.1, -0.05) is 0 Å². The van der Waals surface area contributed by atoms with E-state index >= 15 is 0 Å². The standard InChI is InChI=1S/C11H12N2O5/c1-18-10-3-8(2-9(4-10)13(16)17)12-5-7(6-12)11(14)15/h2-4,7H,5-6H2,1H3,(H,14,15). The van der Waals surface area contributed by atoms with E-state index in [1.54, 1.807) is 11.0 Å². The van der Waals surface area contributed by atoms with Crippen molar-refractivity contribution < 1.29 is 19.6 Å². The van der Waals surface area contributed by atoms with Crippen molar-refractivity contribution in [3.05, 3.63) is 28.3 Å². The molecule has 2 rings (SSSR count). The lowest BCUT2D eigenvalue weighted by molar-refractivity contribution is -0.384. The minimum Gasteiger partial charge on any atom is -0.496 e. The summed E-state index contributed by atoms with van der Waals surface area (Å²) in [6, 6.07) is 4.41. The van der Waals surface area contributed by atoms with Crippen LogP contribution in [-0.4, -0.2) is 36.2 Å². The van der Waals surface area contributed by atoms with E-state index in [2.05, 4.69) is 0 Å². The number of methoxy groups -OCH3 is 1. The number of nitro groups is 1. The van der Waals surface area contributed by atoms with Gasteiger partial charge in [-0.25, -0.2) is 0 Å². The zero-order valence-corrected chi connectivity index (χ0v) is 9.70. The van der Waals surface area contributed by atoms with Crippen LogP contribution in [0, 0.1) is 16.0 Å². The van der Waals surface area contributed by atoms with Crippen molar-refractivity contribution in [2.75, 3.05) is 25.1 Å². The number of nitrogens with zero attached hydrogens (tertiary/aromatic N) is 2. The van der Waals surface area contributed by atoms with E-state index < -0.39 is 16.8 Å². The van der Waals surface area contributed by atoms with Crippen molar-refractivity contribution in [3.63, 3.8) is 0 Å². The molecule has 1 aliphatic rings. The van der Waals surface area contributed by atoms with Crippen LogP contribution in [0.15, 0.2) is 18.2 Å². The molecule has 0 spiro atoms. The fraction of sp³-hybridized carbons (Fsp3) is 0.364. The van der Waals surface area contributed by atoms with Crippen LogP contribution in [0.1, 0.15) is 0 Å². The van der Waals surface area contributed by atoms with Gasteiger partial charge in [0.05, 0.1) is 24.0 Å². The minimum atomic E-state index is -0.844. The second-order valence-corrected chi connectivity index (χ2v) is 4.09. The van der Waals surface area contributed by atoms with Crippen molar-refractivity contribution in [2.45, 2.75) is 0 Å².